The zero-order valence-corrected chi connectivity index (χ0v) is 25.7. The number of likely N-dealkylation sites (N-methyl/N-ethyl adjacent to an activating group) is 1. The first-order valence-corrected chi connectivity index (χ1v) is 15.2. The standard InChI is InChI=1S/C34H51NO6/c1-6-7-8-9-16-21-29(36)26-40-34(35(5)32(37)41-33(2,3)4)23-30(38-24-27-17-12-10-13-18-27)22-31(34)39-25-28-19-14-11-15-20-28/h10-15,17-20,29-31,36H,6-9,16,21-26H2,1-5H3/t29?,30-,31+,34-/m1/s1. The summed E-state index contributed by atoms with van der Waals surface area (Å²) in [5.41, 5.74) is 0.266. The summed E-state index contributed by atoms with van der Waals surface area (Å²) in [5.74, 6) is 0. The Morgan fingerprint density at radius 1 is 0.951 bits per heavy atom. The van der Waals surface area contributed by atoms with E-state index in [-0.39, 0.29) is 12.7 Å². The summed E-state index contributed by atoms with van der Waals surface area (Å²) in [5, 5.41) is 10.9. The maximum atomic E-state index is 13.4. The Labute approximate surface area is 247 Å². The van der Waals surface area contributed by atoms with Gasteiger partial charge in [0.25, 0.3) is 0 Å². The van der Waals surface area contributed by atoms with Crippen LogP contribution in [0.4, 0.5) is 4.79 Å². The second kappa shape index (κ2) is 16.3. The van der Waals surface area contributed by atoms with Crippen molar-refractivity contribution in [2.45, 2.75) is 122 Å². The normalized spacial score (nSPS) is 21.5. The third-order valence-corrected chi connectivity index (χ3v) is 7.52. The van der Waals surface area contributed by atoms with Gasteiger partial charge in [-0.25, -0.2) is 4.79 Å². The zero-order valence-electron chi connectivity index (χ0n) is 25.7. The molecular weight excluding hydrogens is 518 g/mol. The van der Waals surface area contributed by atoms with Gasteiger partial charge in [0.1, 0.15) is 11.7 Å². The van der Waals surface area contributed by atoms with Crippen LogP contribution in [0.25, 0.3) is 0 Å². The average Bonchev–Trinajstić information content (AvgIpc) is 3.32. The Morgan fingerprint density at radius 2 is 1.54 bits per heavy atom. The van der Waals surface area contributed by atoms with Crippen molar-refractivity contribution in [3.05, 3.63) is 71.8 Å². The summed E-state index contributed by atoms with van der Waals surface area (Å²) in [6, 6.07) is 20.0. The predicted molar refractivity (Wildman–Crippen MR) is 161 cm³/mol. The van der Waals surface area contributed by atoms with Gasteiger partial charge in [-0.3, -0.25) is 4.90 Å². The number of unbranched alkanes of at least 4 members (excludes halogenated alkanes) is 4. The number of carbonyl (C=O) groups excluding carboxylic acids is 1. The highest BCUT2D eigenvalue weighted by molar-refractivity contribution is 5.69. The quantitative estimate of drug-likeness (QED) is 0.169. The van der Waals surface area contributed by atoms with Crippen LogP contribution in [0.5, 0.6) is 0 Å². The van der Waals surface area contributed by atoms with E-state index in [0.29, 0.717) is 32.5 Å². The molecule has 7 nitrogen and oxygen atoms in total. The van der Waals surface area contributed by atoms with Crippen molar-refractivity contribution in [3.63, 3.8) is 0 Å². The van der Waals surface area contributed by atoms with Crippen LogP contribution in [0.2, 0.25) is 0 Å². The molecule has 2 aromatic carbocycles. The molecule has 7 heteroatoms. The molecule has 1 aliphatic rings. The van der Waals surface area contributed by atoms with Crippen LogP contribution >= 0.6 is 0 Å². The number of aliphatic hydroxyl groups is 1. The largest absolute Gasteiger partial charge is 0.444 e. The topological polar surface area (TPSA) is 77.5 Å². The molecule has 228 valence electrons. The van der Waals surface area contributed by atoms with E-state index in [9.17, 15) is 9.90 Å². The number of aliphatic hydroxyl groups excluding tert-OH is 1. The Bertz CT molecular complexity index is 1010. The van der Waals surface area contributed by atoms with E-state index in [1.54, 1.807) is 7.05 Å². The fraction of sp³-hybridized carbons (Fsp3) is 0.618. The highest BCUT2D eigenvalue weighted by Crippen LogP contribution is 2.41. The molecule has 2 aromatic rings. The summed E-state index contributed by atoms with van der Waals surface area (Å²) in [7, 11) is 1.70. The van der Waals surface area contributed by atoms with Gasteiger partial charge < -0.3 is 24.1 Å². The van der Waals surface area contributed by atoms with E-state index >= 15 is 0 Å². The summed E-state index contributed by atoms with van der Waals surface area (Å²) in [4.78, 5) is 15.0. The molecule has 1 saturated carbocycles. The van der Waals surface area contributed by atoms with E-state index in [4.69, 9.17) is 18.9 Å². The lowest BCUT2D eigenvalue weighted by molar-refractivity contribution is -0.213. The number of hydrogen-bond acceptors (Lipinski definition) is 6. The summed E-state index contributed by atoms with van der Waals surface area (Å²) in [6.45, 7) is 8.64. The molecular formula is C34H51NO6. The Hall–Kier alpha value is -2.45. The van der Waals surface area contributed by atoms with Gasteiger partial charge in [-0.1, -0.05) is 99.7 Å². The lowest BCUT2D eigenvalue weighted by Crippen LogP contribution is -2.58. The Kier molecular flexibility index (Phi) is 13.1. The van der Waals surface area contributed by atoms with E-state index in [1.807, 2.05) is 81.4 Å². The van der Waals surface area contributed by atoms with E-state index in [2.05, 4.69) is 6.92 Å². The smallest absolute Gasteiger partial charge is 0.412 e. The van der Waals surface area contributed by atoms with Gasteiger partial charge in [0.2, 0.25) is 0 Å². The zero-order chi connectivity index (χ0) is 29.7. The summed E-state index contributed by atoms with van der Waals surface area (Å²) in [6.07, 6.45) is 5.35. The second-order valence-electron chi connectivity index (χ2n) is 12.2. The molecule has 4 atom stereocenters. The molecule has 0 aliphatic heterocycles. The summed E-state index contributed by atoms with van der Waals surface area (Å²) < 4.78 is 25.2. The van der Waals surface area contributed by atoms with Crippen molar-refractivity contribution in [2.24, 2.45) is 0 Å². The van der Waals surface area contributed by atoms with Crippen molar-refractivity contribution in [1.29, 1.82) is 0 Å². The third-order valence-electron chi connectivity index (χ3n) is 7.52. The minimum Gasteiger partial charge on any atom is -0.444 e. The molecule has 3 rings (SSSR count). The number of nitrogens with zero attached hydrogens (tertiary/aromatic N) is 1. The van der Waals surface area contributed by atoms with Gasteiger partial charge in [0.05, 0.1) is 32.0 Å². The molecule has 0 spiro atoms. The van der Waals surface area contributed by atoms with Crippen LogP contribution in [0.1, 0.15) is 90.2 Å². The maximum absolute atomic E-state index is 13.4. The molecule has 0 saturated heterocycles. The maximum Gasteiger partial charge on any atom is 0.412 e. The molecule has 0 heterocycles. The van der Waals surface area contributed by atoms with Crippen LogP contribution < -0.4 is 0 Å². The van der Waals surface area contributed by atoms with E-state index in [0.717, 1.165) is 24.0 Å². The molecule has 1 fully saturated rings. The van der Waals surface area contributed by atoms with E-state index in [1.165, 1.54) is 24.2 Å². The van der Waals surface area contributed by atoms with Crippen molar-refractivity contribution in [3.8, 4) is 0 Å². The Balaban J connectivity index is 1.81. The first-order chi connectivity index (χ1) is 19.6. The molecule has 1 N–H and O–H groups in total. The number of amides is 1. The highest BCUT2D eigenvalue weighted by Gasteiger charge is 2.55. The number of carbonyl (C=O) groups is 1. The minimum atomic E-state index is -1.17. The fourth-order valence-corrected chi connectivity index (χ4v) is 5.24. The number of benzene rings is 2. The van der Waals surface area contributed by atoms with Gasteiger partial charge in [0, 0.05) is 19.9 Å². The van der Waals surface area contributed by atoms with Crippen LogP contribution in [0.3, 0.4) is 0 Å². The van der Waals surface area contributed by atoms with Gasteiger partial charge in [-0.05, 0) is 38.3 Å². The van der Waals surface area contributed by atoms with Crippen LogP contribution in [0, 0.1) is 0 Å². The van der Waals surface area contributed by atoms with Crippen LogP contribution in [-0.2, 0) is 32.2 Å². The first kappa shape index (κ1) is 33.1. The fourth-order valence-electron chi connectivity index (χ4n) is 5.24. The Morgan fingerprint density at radius 3 is 2.12 bits per heavy atom. The minimum absolute atomic E-state index is 0.0948. The van der Waals surface area contributed by atoms with Crippen molar-refractivity contribution >= 4 is 6.09 Å². The number of hydrogen-bond donors (Lipinski definition) is 1. The second-order valence-corrected chi connectivity index (χ2v) is 12.2. The van der Waals surface area contributed by atoms with E-state index < -0.39 is 29.6 Å². The van der Waals surface area contributed by atoms with Gasteiger partial charge >= 0.3 is 6.09 Å². The van der Waals surface area contributed by atoms with Crippen LogP contribution in [-0.4, -0.2) is 59.4 Å². The van der Waals surface area contributed by atoms with Crippen LogP contribution in [0.15, 0.2) is 60.7 Å². The predicted octanol–water partition coefficient (Wildman–Crippen LogP) is 7.25. The molecule has 41 heavy (non-hydrogen) atoms. The SMILES string of the molecule is CCCCCCCC(O)CO[C@]1(N(C)C(=O)OC(C)(C)C)C[C@H](OCc2ccccc2)C[C@@H]1OCc1ccccc1. The number of rotatable bonds is 16. The monoisotopic (exact) mass is 569 g/mol. The highest BCUT2D eigenvalue weighted by atomic mass is 16.6. The van der Waals surface area contributed by atoms with Gasteiger partial charge in [0.15, 0.2) is 5.72 Å². The number of ether oxygens (including phenoxy) is 4. The molecule has 1 unspecified atom stereocenters. The molecule has 0 aromatic heterocycles. The van der Waals surface area contributed by atoms with Crippen molar-refractivity contribution in [2.75, 3.05) is 13.7 Å². The first-order valence-electron chi connectivity index (χ1n) is 15.2. The summed E-state index contributed by atoms with van der Waals surface area (Å²) >= 11 is 0. The van der Waals surface area contributed by atoms with Gasteiger partial charge in [-0.15, -0.1) is 0 Å². The lowest BCUT2D eigenvalue weighted by atomic mass is 10.1. The average molecular weight is 570 g/mol. The molecule has 0 radical (unpaired) electrons. The van der Waals surface area contributed by atoms with Crippen molar-refractivity contribution in [1.82, 2.24) is 4.90 Å². The van der Waals surface area contributed by atoms with Crippen molar-refractivity contribution < 1.29 is 28.8 Å². The molecule has 1 aliphatic carbocycles. The molecule has 0 bridgehead atoms. The third kappa shape index (κ3) is 10.7. The lowest BCUT2D eigenvalue weighted by Gasteiger charge is -2.43. The molecule has 1 amide bonds. The van der Waals surface area contributed by atoms with Gasteiger partial charge in [-0.2, -0.15) is 0 Å².